The molecule has 1 aromatic rings. The Morgan fingerprint density at radius 2 is 1.81 bits per heavy atom. The summed E-state index contributed by atoms with van der Waals surface area (Å²) in [4.78, 5) is 51.2. The number of phosphoric ester groups is 1. The van der Waals surface area contributed by atoms with E-state index in [-0.39, 0.29) is 5.82 Å². The lowest BCUT2D eigenvalue weighted by Gasteiger charge is -2.44. The number of nitrogen functional groups attached to an aromatic ring is 1. The van der Waals surface area contributed by atoms with Gasteiger partial charge in [0.25, 0.3) is 0 Å². The smallest absolute Gasteiger partial charge is 0.387 e. The second-order valence-corrected chi connectivity index (χ2v) is 10.8. The van der Waals surface area contributed by atoms with Gasteiger partial charge in [-0.05, 0) is 18.2 Å². The lowest BCUT2D eigenvalue weighted by molar-refractivity contribution is -0.163. The number of ether oxygens (including phenoxy) is 1. The number of aliphatic hydroxyl groups is 2. The Hall–Kier alpha value is -1.29. The lowest BCUT2D eigenvalue weighted by atomic mass is 9.76. The Bertz CT molecular complexity index is 1120. The summed E-state index contributed by atoms with van der Waals surface area (Å²) in [5.41, 5.74) is 0.275. The number of fused-ring (bicyclic) bond motifs is 1. The van der Waals surface area contributed by atoms with E-state index in [1.807, 2.05) is 0 Å². The standard InChI is InChI=1S/C11H16N3O14P3/c12-7-1-4-14(9(16)13-7)11-3-2-10(11,17)8(15)6(26-11)5-25-30(21,22)28-31(23,24)27-29(18,19)20/h1-4,6,8,15,17H,5H2,(H,21,22)(H,23,24)(H2,12,13,16)(H2,18,19,20)/t6-,8-,10-,11-/m1/s1. The highest BCUT2D eigenvalue weighted by Gasteiger charge is 2.69. The van der Waals surface area contributed by atoms with E-state index in [4.69, 9.17) is 25.2 Å². The van der Waals surface area contributed by atoms with E-state index in [0.717, 1.165) is 16.8 Å². The predicted octanol–water partition coefficient (Wildman–Crippen LogP) is -2.12. The van der Waals surface area contributed by atoms with E-state index in [1.165, 1.54) is 12.1 Å². The molecule has 0 radical (unpaired) electrons. The van der Waals surface area contributed by atoms with E-state index >= 15 is 0 Å². The molecule has 1 aliphatic heterocycles. The molecule has 0 saturated carbocycles. The number of hydrogen-bond acceptors (Lipinski definition) is 12. The van der Waals surface area contributed by atoms with Crippen LogP contribution in [0.25, 0.3) is 0 Å². The summed E-state index contributed by atoms with van der Waals surface area (Å²) in [7, 11) is -16.8. The van der Waals surface area contributed by atoms with Crippen molar-refractivity contribution in [2.75, 3.05) is 12.3 Å². The van der Waals surface area contributed by atoms with Crippen molar-refractivity contribution >= 4 is 29.3 Å². The van der Waals surface area contributed by atoms with E-state index < -0.39 is 59.3 Å². The number of nitrogens with zero attached hydrogens (tertiary/aromatic N) is 2. The van der Waals surface area contributed by atoms with E-state index in [9.17, 15) is 33.6 Å². The molecule has 1 aromatic heterocycles. The normalized spacial score (nSPS) is 33.9. The fourth-order valence-electron chi connectivity index (χ4n) is 3.01. The Balaban J connectivity index is 1.76. The summed E-state index contributed by atoms with van der Waals surface area (Å²) in [5, 5.41) is 21.1. The maximum absolute atomic E-state index is 12.1. The molecule has 0 aromatic carbocycles. The molecule has 0 amide bonds. The minimum atomic E-state index is -5.74. The van der Waals surface area contributed by atoms with Gasteiger partial charge in [0.15, 0.2) is 5.60 Å². The van der Waals surface area contributed by atoms with Gasteiger partial charge in [0, 0.05) is 6.20 Å². The molecular weight excluding hydrogens is 491 g/mol. The highest BCUT2D eigenvalue weighted by molar-refractivity contribution is 7.66. The van der Waals surface area contributed by atoms with Gasteiger partial charge < -0.3 is 40.3 Å². The largest absolute Gasteiger partial charge is 0.490 e. The molecule has 0 spiro atoms. The highest BCUT2D eigenvalue weighted by Crippen LogP contribution is 2.66. The molecule has 31 heavy (non-hydrogen) atoms. The number of phosphoric acid groups is 3. The Kier molecular flexibility index (Phi) is 6.00. The molecule has 8 N–H and O–H groups in total. The molecule has 2 aliphatic rings. The molecule has 1 fully saturated rings. The number of rotatable bonds is 8. The third-order valence-electron chi connectivity index (χ3n) is 4.27. The molecule has 17 nitrogen and oxygen atoms in total. The zero-order valence-electron chi connectivity index (χ0n) is 14.9. The van der Waals surface area contributed by atoms with Crippen LogP contribution in [0.2, 0.25) is 0 Å². The Labute approximate surface area is 171 Å². The first-order valence-corrected chi connectivity index (χ1v) is 12.5. The van der Waals surface area contributed by atoms with Gasteiger partial charge in [0.05, 0.1) is 6.61 Å². The van der Waals surface area contributed by atoms with Gasteiger partial charge in [-0.15, -0.1) is 0 Å². The predicted molar refractivity (Wildman–Crippen MR) is 95.7 cm³/mol. The molecule has 20 heteroatoms. The van der Waals surface area contributed by atoms with Crippen LogP contribution >= 0.6 is 23.5 Å². The lowest BCUT2D eigenvalue weighted by Crippen LogP contribution is -2.63. The van der Waals surface area contributed by atoms with E-state index in [0.29, 0.717) is 0 Å². The summed E-state index contributed by atoms with van der Waals surface area (Å²) >= 11 is 0. The van der Waals surface area contributed by atoms with Gasteiger partial charge in [-0.2, -0.15) is 13.6 Å². The van der Waals surface area contributed by atoms with E-state index in [1.54, 1.807) is 0 Å². The summed E-state index contributed by atoms with van der Waals surface area (Å²) in [6, 6.07) is 1.21. The SMILES string of the molecule is Nc1ccn([C@@]23C=C[C@@]2(O)[C@H](O)[C@@H](COP(=O)(O)OP(=O)(O)OP(=O)(O)O)O3)c(=O)n1. The third-order valence-corrected chi connectivity index (χ3v) is 8.07. The quantitative estimate of drug-likeness (QED) is 0.146. The van der Waals surface area contributed by atoms with Gasteiger partial charge in [0.1, 0.15) is 18.0 Å². The second kappa shape index (κ2) is 7.64. The van der Waals surface area contributed by atoms with Gasteiger partial charge in [-0.1, -0.05) is 0 Å². The highest BCUT2D eigenvalue weighted by atomic mass is 31.3. The molecule has 6 atom stereocenters. The average molecular weight is 507 g/mol. The van der Waals surface area contributed by atoms with E-state index in [2.05, 4.69) is 18.1 Å². The van der Waals surface area contributed by atoms with Crippen LogP contribution in [0, 0.1) is 0 Å². The van der Waals surface area contributed by atoms with Gasteiger partial charge >= 0.3 is 29.2 Å². The summed E-state index contributed by atoms with van der Waals surface area (Å²) in [5.74, 6) is -0.132. The van der Waals surface area contributed by atoms with Gasteiger partial charge in [-0.3, -0.25) is 9.09 Å². The van der Waals surface area contributed by atoms with Crippen LogP contribution in [0.4, 0.5) is 5.82 Å². The molecule has 1 saturated heterocycles. The minimum Gasteiger partial charge on any atom is -0.387 e. The van der Waals surface area contributed by atoms with Crippen molar-refractivity contribution in [1.29, 1.82) is 0 Å². The second-order valence-electron chi connectivity index (χ2n) is 6.35. The molecule has 174 valence electrons. The minimum absolute atomic E-state index is 0.132. The molecular formula is C11H16N3O14P3. The first kappa shape index (κ1) is 24.4. The Morgan fingerprint density at radius 1 is 1.16 bits per heavy atom. The van der Waals surface area contributed by atoms with Crippen LogP contribution in [0.15, 0.2) is 29.2 Å². The van der Waals surface area contributed by atoms with Gasteiger partial charge in [0.2, 0.25) is 5.72 Å². The van der Waals surface area contributed by atoms with Crippen LogP contribution in [0.5, 0.6) is 0 Å². The monoisotopic (exact) mass is 507 g/mol. The zero-order valence-corrected chi connectivity index (χ0v) is 17.6. The fraction of sp³-hybridized carbons (Fsp3) is 0.455. The molecule has 2 unspecified atom stereocenters. The first-order chi connectivity index (χ1) is 14.0. The van der Waals surface area contributed by atoms with Crippen molar-refractivity contribution in [2.24, 2.45) is 0 Å². The number of hydrogen-bond donors (Lipinski definition) is 7. The van der Waals surface area contributed by atoms with Crippen molar-refractivity contribution in [3.8, 4) is 0 Å². The number of aliphatic hydroxyl groups excluding tert-OH is 1. The average Bonchev–Trinajstić information content (AvgIpc) is 2.70. The van der Waals surface area contributed by atoms with Crippen molar-refractivity contribution in [3.63, 3.8) is 0 Å². The third kappa shape index (κ3) is 4.60. The topological polar surface area (TPSA) is 270 Å². The van der Waals surface area contributed by atoms with Crippen molar-refractivity contribution < 1.29 is 61.4 Å². The first-order valence-electron chi connectivity index (χ1n) is 7.93. The Morgan fingerprint density at radius 3 is 2.32 bits per heavy atom. The van der Waals surface area contributed by atoms with Crippen molar-refractivity contribution in [3.05, 3.63) is 34.9 Å². The number of nitrogens with two attached hydrogens (primary N) is 1. The van der Waals surface area contributed by atoms with Gasteiger partial charge in [-0.25, -0.2) is 18.5 Å². The maximum Gasteiger partial charge on any atom is 0.490 e. The van der Waals surface area contributed by atoms with Crippen LogP contribution in [-0.2, 0) is 37.3 Å². The summed E-state index contributed by atoms with van der Waals surface area (Å²) < 4.78 is 51.6. The van der Waals surface area contributed by atoms with Crippen LogP contribution in [-0.4, -0.2) is 63.8 Å². The van der Waals surface area contributed by atoms with Crippen LogP contribution in [0.3, 0.4) is 0 Å². The fourth-order valence-corrected chi connectivity index (χ4v) is 6.04. The number of aromatic nitrogens is 2. The molecule has 2 heterocycles. The molecule has 0 bridgehead atoms. The number of anilines is 1. The van der Waals surface area contributed by atoms with Crippen LogP contribution in [0.1, 0.15) is 0 Å². The van der Waals surface area contributed by atoms with Crippen molar-refractivity contribution in [1.82, 2.24) is 9.55 Å². The summed E-state index contributed by atoms with van der Waals surface area (Å²) in [6.07, 6.45) is -0.0362. The molecule has 1 aliphatic carbocycles. The van der Waals surface area contributed by atoms with Crippen molar-refractivity contribution in [2.45, 2.75) is 23.5 Å². The molecule has 3 rings (SSSR count). The maximum atomic E-state index is 12.1. The van der Waals surface area contributed by atoms with Crippen LogP contribution < -0.4 is 11.4 Å². The zero-order chi connectivity index (χ0) is 23.5. The summed E-state index contributed by atoms with van der Waals surface area (Å²) in [6.45, 7) is -1.05.